The fraction of sp³-hybridized carbons (Fsp3) is 0.412. The first-order valence-corrected chi connectivity index (χ1v) is 6.96. The molecule has 2 nitrogen and oxygen atoms in total. The van der Waals surface area contributed by atoms with Crippen LogP contribution < -0.4 is 11.1 Å². The van der Waals surface area contributed by atoms with Gasteiger partial charge in [0.15, 0.2) is 0 Å². The molecule has 0 amide bonds. The second-order valence-corrected chi connectivity index (χ2v) is 6.27. The zero-order chi connectivity index (χ0) is 13.9. The van der Waals surface area contributed by atoms with Crippen molar-refractivity contribution in [2.45, 2.75) is 27.2 Å². The summed E-state index contributed by atoms with van der Waals surface area (Å²) >= 11 is 0. The second kappa shape index (κ2) is 5.62. The van der Waals surface area contributed by atoms with Crippen molar-refractivity contribution >= 4 is 16.5 Å². The van der Waals surface area contributed by atoms with Crippen LogP contribution in [0.3, 0.4) is 0 Å². The Hall–Kier alpha value is -1.54. The van der Waals surface area contributed by atoms with Crippen molar-refractivity contribution in [2.24, 2.45) is 11.1 Å². The maximum absolute atomic E-state index is 5.60. The maximum Gasteiger partial charge on any atom is 0.0423 e. The number of nitrogens with one attached hydrogen (secondary N) is 1. The minimum atomic E-state index is 0.287. The molecular formula is C17H24N2. The third-order valence-electron chi connectivity index (χ3n) is 3.17. The smallest absolute Gasteiger partial charge is 0.0423 e. The summed E-state index contributed by atoms with van der Waals surface area (Å²) in [6.07, 6.45) is 1.08. The predicted octanol–water partition coefficient (Wildman–Crippen LogP) is 3.80. The first kappa shape index (κ1) is 13.9. The summed E-state index contributed by atoms with van der Waals surface area (Å²) in [5.41, 5.74) is 8.49. The zero-order valence-corrected chi connectivity index (χ0v) is 12.2. The van der Waals surface area contributed by atoms with Gasteiger partial charge in [0.2, 0.25) is 0 Å². The zero-order valence-electron chi connectivity index (χ0n) is 12.2. The van der Waals surface area contributed by atoms with Crippen molar-refractivity contribution in [2.75, 3.05) is 18.4 Å². The van der Waals surface area contributed by atoms with Crippen molar-refractivity contribution in [3.8, 4) is 0 Å². The standard InChI is InChI=1S/C17H24N2/c1-17(2,3)12-14-8-4-6-13-7-5-9-15(16(13)14)19-11-10-18/h4-9,19H,10-12,18H2,1-3H3. The minimum Gasteiger partial charge on any atom is -0.383 e. The van der Waals surface area contributed by atoms with Gasteiger partial charge in [-0.25, -0.2) is 0 Å². The van der Waals surface area contributed by atoms with Crippen LogP contribution in [0.15, 0.2) is 36.4 Å². The molecule has 0 atom stereocenters. The van der Waals surface area contributed by atoms with Gasteiger partial charge < -0.3 is 11.1 Å². The highest BCUT2D eigenvalue weighted by molar-refractivity contribution is 5.96. The van der Waals surface area contributed by atoms with Crippen LogP contribution in [0.4, 0.5) is 5.69 Å². The van der Waals surface area contributed by atoms with Crippen molar-refractivity contribution < 1.29 is 0 Å². The fourth-order valence-corrected chi connectivity index (χ4v) is 2.49. The highest BCUT2D eigenvalue weighted by atomic mass is 14.9. The predicted molar refractivity (Wildman–Crippen MR) is 84.7 cm³/mol. The first-order chi connectivity index (χ1) is 9.01. The van der Waals surface area contributed by atoms with E-state index in [2.05, 4.69) is 62.5 Å². The molecule has 0 bridgehead atoms. The lowest BCUT2D eigenvalue weighted by Crippen LogP contribution is -2.14. The highest BCUT2D eigenvalue weighted by Gasteiger charge is 2.14. The Kier molecular flexibility index (Phi) is 4.11. The van der Waals surface area contributed by atoms with Crippen LogP contribution in [-0.4, -0.2) is 13.1 Å². The molecule has 0 saturated heterocycles. The van der Waals surface area contributed by atoms with E-state index < -0.39 is 0 Å². The summed E-state index contributed by atoms with van der Waals surface area (Å²) in [4.78, 5) is 0. The number of hydrogen-bond donors (Lipinski definition) is 2. The van der Waals surface area contributed by atoms with Crippen molar-refractivity contribution in [1.29, 1.82) is 0 Å². The first-order valence-electron chi connectivity index (χ1n) is 6.96. The molecule has 0 saturated carbocycles. The van der Waals surface area contributed by atoms with Crippen LogP contribution in [0.25, 0.3) is 10.8 Å². The lowest BCUT2D eigenvalue weighted by Gasteiger charge is -2.21. The third kappa shape index (κ3) is 3.48. The summed E-state index contributed by atoms with van der Waals surface area (Å²) in [6.45, 7) is 8.30. The van der Waals surface area contributed by atoms with Gasteiger partial charge in [0.1, 0.15) is 0 Å². The summed E-state index contributed by atoms with van der Waals surface area (Å²) in [5.74, 6) is 0. The van der Waals surface area contributed by atoms with E-state index in [1.807, 2.05) is 0 Å². The average molecular weight is 256 g/mol. The van der Waals surface area contributed by atoms with Crippen molar-refractivity contribution in [1.82, 2.24) is 0 Å². The van der Waals surface area contributed by atoms with Gasteiger partial charge in [-0.15, -0.1) is 0 Å². The van der Waals surface area contributed by atoms with Crippen molar-refractivity contribution in [3.63, 3.8) is 0 Å². The van der Waals surface area contributed by atoms with Crippen LogP contribution in [0.1, 0.15) is 26.3 Å². The van der Waals surface area contributed by atoms with Crippen LogP contribution >= 0.6 is 0 Å². The molecular weight excluding hydrogens is 232 g/mol. The number of hydrogen-bond acceptors (Lipinski definition) is 2. The molecule has 0 fully saturated rings. The molecule has 0 unspecified atom stereocenters. The molecule has 0 heterocycles. The number of anilines is 1. The van der Waals surface area contributed by atoms with Crippen LogP contribution in [0, 0.1) is 5.41 Å². The fourth-order valence-electron chi connectivity index (χ4n) is 2.49. The van der Waals surface area contributed by atoms with Crippen LogP contribution in [0.5, 0.6) is 0 Å². The molecule has 3 N–H and O–H groups in total. The Morgan fingerprint density at radius 1 is 1.05 bits per heavy atom. The number of benzene rings is 2. The molecule has 0 spiro atoms. The molecule has 0 aliphatic carbocycles. The maximum atomic E-state index is 5.60. The summed E-state index contributed by atoms with van der Waals surface area (Å²) in [6, 6.07) is 13.0. The molecule has 2 rings (SSSR count). The monoisotopic (exact) mass is 256 g/mol. The topological polar surface area (TPSA) is 38.0 Å². The molecule has 0 aliphatic rings. The third-order valence-corrected chi connectivity index (χ3v) is 3.17. The van der Waals surface area contributed by atoms with E-state index in [0.29, 0.717) is 6.54 Å². The quantitative estimate of drug-likeness (QED) is 0.873. The Balaban J connectivity index is 2.50. The van der Waals surface area contributed by atoms with Gasteiger partial charge in [-0.3, -0.25) is 0 Å². The van der Waals surface area contributed by atoms with Gasteiger partial charge in [-0.2, -0.15) is 0 Å². The van der Waals surface area contributed by atoms with E-state index in [1.54, 1.807) is 0 Å². The van der Waals surface area contributed by atoms with Crippen LogP contribution in [-0.2, 0) is 6.42 Å². The van der Waals surface area contributed by atoms with E-state index >= 15 is 0 Å². The Morgan fingerprint density at radius 2 is 1.74 bits per heavy atom. The number of fused-ring (bicyclic) bond motifs is 1. The minimum absolute atomic E-state index is 0.287. The molecule has 0 radical (unpaired) electrons. The van der Waals surface area contributed by atoms with Gasteiger partial charge in [-0.1, -0.05) is 51.1 Å². The Bertz CT molecular complexity index is 547. The Labute approximate surface area is 116 Å². The molecule has 0 aromatic heterocycles. The van der Waals surface area contributed by atoms with Gasteiger partial charge in [0.25, 0.3) is 0 Å². The Morgan fingerprint density at radius 3 is 2.37 bits per heavy atom. The summed E-state index contributed by atoms with van der Waals surface area (Å²) in [5, 5.41) is 6.07. The summed E-state index contributed by atoms with van der Waals surface area (Å²) < 4.78 is 0. The van der Waals surface area contributed by atoms with Crippen LogP contribution in [0.2, 0.25) is 0 Å². The normalized spacial score (nSPS) is 11.8. The van der Waals surface area contributed by atoms with E-state index in [1.165, 1.54) is 22.0 Å². The van der Waals surface area contributed by atoms with Gasteiger partial charge >= 0.3 is 0 Å². The molecule has 2 heteroatoms. The number of nitrogens with two attached hydrogens (primary N) is 1. The van der Waals surface area contributed by atoms with Gasteiger partial charge in [0.05, 0.1) is 0 Å². The second-order valence-electron chi connectivity index (χ2n) is 6.27. The summed E-state index contributed by atoms with van der Waals surface area (Å²) in [7, 11) is 0. The highest BCUT2D eigenvalue weighted by Crippen LogP contribution is 2.31. The van der Waals surface area contributed by atoms with Gasteiger partial charge in [-0.05, 0) is 28.9 Å². The van der Waals surface area contributed by atoms with E-state index in [4.69, 9.17) is 5.73 Å². The lowest BCUT2D eigenvalue weighted by atomic mass is 9.86. The van der Waals surface area contributed by atoms with Crippen molar-refractivity contribution in [3.05, 3.63) is 42.0 Å². The molecule has 0 aliphatic heterocycles. The largest absolute Gasteiger partial charge is 0.383 e. The van der Waals surface area contributed by atoms with E-state index in [9.17, 15) is 0 Å². The van der Waals surface area contributed by atoms with E-state index in [-0.39, 0.29) is 5.41 Å². The molecule has 102 valence electrons. The van der Waals surface area contributed by atoms with E-state index in [0.717, 1.165) is 13.0 Å². The number of rotatable bonds is 4. The SMILES string of the molecule is CC(C)(C)Cc1cccc2cccc(NCCN)c12. The molecule has 19 heavy (non-hydrogen) atoms. The molecule has 2 aromatic rings. The lowest BCUT2D eigenvalue weighted by molar-refractivity contribution is 0.412. The average Bonchev–Trinajstić information content (AvgIpc) is 2.34. The molecule has 2 aromatic carbocycles. The van der Waals surface area contributed by atoms with Gasteiger partial charge in [0, 0.05) is 24.2 Å².